The van der Waals surface area contributed by atoms with Crippen molar-refractivity contribution in [3.63, 3.8) is 0 Å². The second-order valence-electron chi connectivity index (χ2n) is 2.98. The molecule has 0 aromatic heterocycles. The van der Waals surface area contributed by atoms with Crippen molar-refractivity contribution in [2.24, 2.45) is 0 Å². The molecule has 0 aliphatic carbocycles. The van der Waals surface area contributed by atoms with E-state index in [0.29, 0.717) is 5.02 Å². The maximum atomic E-state index is 8.94. The van der Waals surface area contributed by atoms with Crippen LogP contribution in [0.1, 0.15) is 24.8 Å². The van der Waals surface area contributed by atoms with Crippen LogP contribution < -0.4 is 4.74 Å². The number of nitriles is 1. The molecule has 0 bridgehead atoms. The Balaban J connectivity index is 3.16. The molecular weight excluding hydrogens is 198 g/mol. The van der Waals surface area contributed by atoms with Gasteiger partial charge in [0.25, 0.3) is 0 Å². The van der Waals surface area contributed by atoms with E-state index in [9.17, 15) is 0 Å². The van der Waals surface area contributed by atoms with Crippen LogP contribution in [0.4, 0.5) is 0 Å². The van der Waals surface area contributed by atoms with Gasteiger partial charge in [-0.3, -0.25) is 0 Å². The maximum Gasteiger partial charge on any atom is 0.123 e. The fraction of sp³-hybridized carbons (Fsp3) is 0.364. The molecule has 1 rings (SSSR count). The second-order valence-corrected chi connectivity index (χ2v) is 3.41. The second kappa shape index (κ2) is 4.88. The van der Waals surface area contributed by atoms with Gasteiger partial charge in [0, 0.05) is 10.6 Å². The number of halogens is 1. The zero-order valence-electron chi connectivity index (χ0n) is 8.25. The summed E-state index contributed by atoms with van der Waals surface area (Å²) >= 11 is 5.87. The van der Waals surface area contributed by atoms with Gasteiger partial charge in [0.1, 0.15) is 5.75 Å². The molecule has 0 amide bonds. The van der Waals surface area contributed by atoms with Gasteiger partial charge < -0.3 is 4.74 Å². The summed E-state index contributed by atoms with van der Waals surface area (Å²) in [5.41, 5.74) is 0.866. The lowest BCUT2D eigenvalue weighted by molar-refractivity contribution is 0.408. The summed E-state index contributed by atoms with van der Waals surface area (Å²) in [5.74, 6) is 0.575. The van der Waals surface area contributed by atoms with Crippen LogP contribution in [0.2, 0.25) is 5.02 Å². The third-order valence-electron chi connectivity index (χ3n) is 2.13. The van der Waals surface area contributed by atoms with Gasteiger partial charge in [0.15, 0.2) is 0 Å². The fourth-order valence-electron chi connectivity index (χ4n) is 1.36. The van der Waals surface area contributed by atoms with E-state index in [2.05, 4.69) is 6.07 Å². The van der Waals surface area contributed by atoms with E-state index >= 15 is 0 Å². The van der Waals surface area contributed by atoms with Crippen LogP contribution in [-0.4, -0.2) is 7.11 Å². The largest absolute Gasteiger partial charge is 0.496 e. The topological polar surface area (TPSA) is 33.0 Å². The lowest BCUT2D eigenvalue weighted by Crippen LogP contribution is -1.97. The van der Waals surface area contributed by atoms with Gasteiger partial charge in [-0.15, -0.1) is 0 Å². The average molecular weight is 210 g/mol. The molecule has 14 heavy (non-hydrogen) atoms. The summed E-state index contributed by atoms with van der Waals surface area (Å²) in [6.07, 6.45) is 0.757. The quantitative estimate of drug-likeness (QED) is 0.765. The first-order chi connectivity index (χ1) is 6.72. The lowest BCUT2D eigenvalue weighted by atomic mass is 9.97. The zero-order valence-corrected chi connectivity index (χ0v) is 9.01. The van der Waals surface area contributed by atoms with E-state index in [1.54, 1.807) is 25.3 Å². The highest BCUT2D eigenvalue weighted by molar-refractivity contribution is 6.30. The number of ether oxygens (including phenoxy) is 1. The third-order valence-corrected chi connectivity index (χ3v) is 2.37. The van der Waals surface area contributed by atoms with E-state index in [1.165, 1.54) is 0 Å². The lowest BCUT2D eigenvalue weighted by Gasteiger charge is -2.11. The number of methoxy groups -OCH3 is 1. The molecule has 0 aliphatic heterocycles. The molecule has 1 aromatic carbocycles. The van der Waals surface area contributed by atoms with E-state index in [1.807, 2.05) is 6.92 Å². The first-order valence-electron chi connectivity index (χ1n) is 4.46. The monoisotopic (exact) mass is 209 g/mol. The highest BCUT2D eigenvalue weighted by Crippen LogP contribution is 2.30. The highest BCUT2D eigenvalue weighted by Gasteiger charge is 2.13. The van der Waals surface area contributed by atoms with Crippen LogP contribution in [0, 0.1) is 11.3 Å². The highest BCUT2D eigenvalue weighted by atomic mass is 35.5. The summed E-state index contributed by atoms with van der Waals surface area (Å²) < 4.78 is 5.18. The van der Waals surface area contributed by atoms with E-state index in [-0.39, 0.29) is 5.92 Å². The van der Waals surface area contributed by atoms with Gasteiger partial charge in [0.2, 0.25) is 0 Å². The van der Waals surface area contributed by atoms with E-state index < -0.39 is 0 Å². The van der Waals surface area contributed by atoms with Gasteiger partial charge in [-0.05, 0) is 24.6 Å². The van der Waals surface area contributed by atoms with Gasteiger partial charge in [-0.1, -0.05) is 18.5 Å². The van der Waals surface area contributed by atoms with Crippen LogP contribution in [0.5, 0.6) is 5.75 Å². The number of hydrogen-bond donors (Lipinski definition) is 0. The molecule has 0 aliphatic rings. The predicted molar refractivity (Wildman–Crippen MR) is 56.6 cm³/mol. The number of benzene rings is 1. The molecule has 3 heteroatoms. The molecule has 0 fully saturated rings. The van der Waals surface area contributed by atoms with Crippen LogP contribution in [-0.2, 0) is 0 Å². The Morgan fingerprint density at radius 3 is 2.79 bits per heavy atom. The molecule has 0 heterocycles. The average Bonchev–Trinajstić information content (AvgIpc) is 2.20. The fourth-order valence-corrected chi connectivity index (χ4v) is 1.54. The van der Waals surface area contributed by atoms with Crippen molar-refractivity contribution in [1.82, 2.24) is 0 Å². The minimum atomic E-state index is -0.149. The molecule has 1 atom stereocenters. The third kappa shape index (κ3) is 2.18. The van der Waals surface area contributed by atoms with Crippen molar-refractivity contribution in [3.8, 4) is 11.8 Å². The van der Waals surface area contributed by atoms with Crippen molar-refractivity contribution in [3.05, 3.63) is 28.8 Å². The molecule has 2 nitrogen and oxygen atoms in total. The minimum absolute atomic E-state index is 0.149. The van der Waals surface area contributed by atoms with Crippen LogP contribution in [0.3, 0.4) is 0 Å². The summed E-state index contributed by atoms with van der Waals surface area (Å²) in [6, 6.07) is 7.57. The van der Waals surface area contributed by atoms with Crippen LogP contribution in [0.15, 0.2) is 18.2 Å². The van der Waals surface area contributed by atoms with Crippen molar-refractivity contribution < 1.29 is 4.74 Å². The normalized spacial score (nSPS) is 11.9. The SMILES string of the molecule is CCC(C#N)c1cc(Cl)ccc1OC. The number of hydrogen-bond acceptors (Lipinski definition) is 2. The Morgan fingerprint density at radius 2 is 2.29 bits per heavy atom. The predicted octanol–water partition coefficient (Wildman–Crippen LogP) is 3.37. The minimum Gasteiger partial charge on any atom is -0.496 e. The number of nitrogens with zero attached hydrogens (tertiary/aromatic N) is 1. The van der Waals surface area contributed by atoms with Gasteiger partial charge >= 0.3 is 0 Å². The Hall–Kier alpha value is -1.20. The first kappa shape index (κ1) is 10.9. The van der Waals surface area contributed by atoms with E-state index in [4.69, 9.17) is 21.6 Å². The standard InChI is InChI=1S/C11H12ClNO/c1-3-8(7-13)10-6-9(12)4-5-11(10)14-2/h4-6,8H,3H2,1-2H3. The molecule has 0 saturated heterocycles. The zero-order chi connectivity index (χ0) is 10.6. The Morgan fingerprint density at radius 1 is 1.57 bits per heavy atom. The van der Waals surface area contributed by atoms with Crippen molar-refractivity contribution in [1.29, 1.82) is 5.26 Å². The van der Waals surface area contributed by atoms with Crippen molar-refractivity contribution in [2.45, 2.75) is 19.3 Å². The van der Waals surface area contributed by atoms with E-state index in [0.717, 1.165) is 17.7 Å². The van der Waals surface area contributed by atoms with Crippen molar-refractivity contribution in [2.75, 3.05) is 7.11 Å². The number of rotatable bonds is 3. The smallest absolute Gasteiger partial charge is 0.123 e. The van der Waals surface area contributed by atoms with Crippen LogP contribution in [0.25, 0.3) is 0 Å². The summed E-state index contributed by atoms with van der Waals surface area (Å²) in [6.45, 7) is 1.97. The molecular formula is C11H12ClNO. The molecule has 0 saturated carbocycles. The summed E-state index contributed by atoms with van der Waals surface area (Å²) in [4.78, 5) is 0. The molecule has 0 N–H and O–H groups in total. The Bertz CT molecular complexity index is 357. The van der Waals surface area contributed by atoms with Gasteiger partial charge in [-0.2, -0.15) is 5.26 Å². The molecule has 0 spiro atoms. The van der Waals surface area contributed by atoms with Crippen molar-refractivity contribution >= 4 is 11.6 Å². The Labute approximate surface area is 89.1 Å². The molecule has 74 valence electrons. The summed E-state index contributed by atoms with van der Waals surface area (Å²) in [7, 11) is 1.59. The van der Waals surface area contributed by atoms with Gasteiger partial charge in [0.05, 0.1) is 19.1 Å². The molecule has 0 radical (unpaired) electrons. The molecule has 1 unspecified atom stereocenters. The Kier molecular flexibility index (Phi) is 3.79. The molecule has 1 aromatic rings. The van der Waals surface area contributed by atoms with Crippen LogP contribution >= 0.6 is 11.6 Å². The summed E-state index contributed by atoms with van der Waals surface area (Å²) in [5, 5.41) is 9.58. The first-order valence-corrected chi connectivity index (χ1v) is 4.83. The maximum absolute atomic E-state index is 8.94. The van der Waals surface area contributed by atoms with Gasteiger partial charge in [-0.25, -0.2) is 0 Å².